The molecule has 3 N–H and O–H groups in total. The molecule has 20 heavy (non-hydrogen) atoms. The van der Waals surface area contributed by atoms with Gasteiger partial charge < -0.3 is 16.0 Å². The van der Waals surface area contributed by atoms with Gasteiger partial charge in [-0.3, -0.25) is 4.79 Å². The van der Waals surface area contributed by atoms with Gasteiger partial charge in [-0.1, -0.05) is 18.2 Å². The maximum absolute atomic E-state index is 12.0. The Morgan fingerprint density at radius 3 is 2.35 bits per heavy atom. The molecule has 0 atom stereocenters. The molecule has 2 aromatic carbocycles. The maximum atomic E-state index is 12.0. The van der Waals surface area contributed by atoms with Crippen molar-refractivity contribution in [2.45, 2.75) is 6.42 Å². The summed E-state index contributed by atoms with van der Waals surface area (Å²) in [5.41, 5.74) is 9.20. The van der Waals surface area contributed by atoms with E-state index in [0.29, 0.717) is 5.69 Å². The zero-order valence-corrected chi connectivity index (χ0v) is 11.8. The molecule has 2 aromatic rings. The van der Waals surface area contributed by atoms with Crippen molar-refractivity contribution in [3.63, 3.8) is 0 Å². The van der Waals surface area contributed by atoms with Crippen LogP contribution in [0, 0.1) is 0 Å². The molecule has 4 heteroatoms. The van der Waals surface area contributed by atoms with E-state index in [1.54, 1.807) is 6.07 Å². The highest BCUT2D eigenvalue weighted by molar-refractivity contribution is 5.93. The lowest BCUT2D eigenvalue weighted by molar-refractivity contribution is -0.115. The van der Waals surface area contributed by atoms with E-state index in [1.807, 2.05) is 61.5 Å². The number of nitrogens with one attached hydrogen (secondary N) is 1. The Bertz CT molecular complexity index is 591. The number of nitrogen functional groups attached to an aromatic ring is 1. The molecule has 1 amide bonds. The lowest BCUT2D eigenvalue weighted by Gasteiger charge is -2.13. The number of amides is 1. The van der Waals surface area contributed by atoms with Gasteiger partial charge in [0.25, 0.3) is 0 Å². The van der Waals surface area contributed by atoms with Gasteiger partial charge in [0.15, 0.2) is 0 Å². The molecule has 0 saturated carbocycles. The monoisotopic (exact) mass is 269 g/mol. The van der Waals surface area contributed by atoms with E-state index < -0.39 is 0 Å². The second-order valence-electron chi connectivity index (χ2n) is 4.87. The van der Waals surface area contributed by atoms with Crippen LogP contribution >= 0.6 is 0 Å². The first-order valence-electron chi connectivity index (χ1n) is 6.47. The highest BCUT2D eigenvalue weighted by atomic mass is 16.1. The molecule has 0 radical (unpaired) electrons. The van der Waals surface area contributed by atoms with Crippen molar-refractivity contribution in [2.24, 2.45) is 0 Å². The summed E-state index contributed by atoms with van der Waals surface area (Å²) >= 11 is 0. The first-order valence-corrected chi connectivity index (χ1v) is 6.47. The Kier molecular flexibility index (Phi) is 4.25. The molecule has 104 valence electrons. The SMILES string of the molecule is CN(C)c1ccc(NC(=O)Cc2ccccc2N)cc1. The molecule has 0 saturated heterocycles. The fourth-order valence-electron chi connectivity index (χ4n) is 1.92. The van der Waals surface area contributed by atoms with Crippen LogP contribution in [0.5, 0.6) is 0 Å². The van der Waals surface area contributed by atoms with Gasteiger partial charge >= 0.3 is 0 Å². The number of nitrogens with two attached hydrogens (primary N) is 1. The molecule has 0 spiro atoms. The third kappa shape index (κ3) is 3.51. The molecule has 0 aliphatic rings. The zero-order valence-electron chi connectivity index (χ0n) is 11.8. The van der Waals surface area contributed by atoms with E-state index in [9.17, 15) is 4.79 Å². The molecule has 0 heterocycles. The van der Waals surface area contributed by atoms with Crippen LogP contribution in [0.15, 0.2) is 48.5 Å². The van der Waals surface area contributed by atoms with Gasteiger partial charge in [-0.25, -0.2) is 0 Å². The maximum Gasteiger partial charge on any atom is 0.228 e. The van der Waals surface area contributed by atoms with Gasteiger partial charge in [-0.05, 0) is 35.9 Å². The molecular weight excluding hydrogens is 250 g/mol. The van der Waals surface area contributed by atoms with Gasteiger partial charge in [0, 0.05) is 31.2 Å². The van der Waals surface area contributed by atoms with E-state index in [1.165, 1.54) is 0 Å². The Morgan fingerprint density at radius 2 is 1.75 bits per heavy atom. The van der Waals surface area contributed by atoms with E-state index in [-0.39, 0.29) is 12.3 Å². The number of nitrogens with zero attached hydrogens (tertiary/aromatic N) is 1. The number of para-hydroxylation sites is 1. The van der Waals surface area contributed by atoms with Crippen LogP contribution in [0.25, 0.3) is 0 Å². The molecular formula is C16H19N3O. The number of benzene rings is 2. The van der Waals surface area contributed by atoms with Crippen LogP contribution in [-0.2, 0) is 11.2 Å². The first kappa shape index (κ1) is 13.9. The van der Waals surface area contributed by atoms with Gasteiger partial charge in [-0.15, -0.1) is 0 Å². The molecule has 0 bridgehead atoms. The first-order chi connectivity index (χ1) is 9.56. The molecule has 0 aromatic heterocycles. The number of anilines is 3. The Balaban J connectivity index is 1.99. The molecule has 4 nitrogen and oxygen atoms in total. The van der Waals surface area contributed by atoms with Crippen LogP contribution in [0.1, 0.15) is 5.56 Å². The van der Waals surface area contributed by atoms with Crippen molar-refractivity contribution in [1.29, 1.82) is 0 Å². The molecule has 0 aliphatic carbocycles. The van der Waals surface area contributed by atoms with Gasteiger partial charge in [0.2, 0.25) is 5.91 Å². The number of hydrogen-bond acceptors (Lipinski definition) is 3. The zero-order chi connectivity index (χ0) is 14.5. The highest BCUT2D eigenvalue weighted by Gasteiger charge is 2.06. The van der Waals surface area contributed by atoms with Crippen LogP contribution in [0.4, 0.5) is 17.1 Å². The number of carbonyl (C=O) groups is 1. The summed E-state index contributed by atoms with van der Waals surface area (Å²) in [7, 11) is 3.96. The van der Waals surface area contributed by atoms with Crippen molar-refractivity contribution < 1.29 is 4.79 Å². The van der Waals surface area contributed by atoms with Crippen molar-refractivity contribution in [3.8, 4) is 0 Å². The summed E-state index contributed by atoms with van der Waals surface area (Å²) in [6.45, 7) is 0. The highest BCUT2D eigenvalue weighted by Crippen LogP contribution is 2.17. The third-order valence-electron chi connectivity index (χ3n) is 3.07. The lowest BCUT2D eigenvalue weighted by atomic mass is 10.1. The van der Waals surface area contributed by atoms with E-state index in [0.717, 1.165) is 16.9 Å². The molecule has 0 unspecified atom stereocenters. The lowest BCUT2D eigenvalue weighted by Crippen LogP contribution is -2.15. The molecule has 0 aliphatic heterocycles. The standard InChI is InChI=1S/C16H19N3O/c1-19(2)14-9-7-13(8-10-14)18-16(20)11-12-5-3-4-6-15(12)17/h3-10H,11,17H2,1-2H3,(H,18,20). The summed E-state index contributed by atoms with van der Waals surface area (Å²) < 4.78 is 0. The average molecular weight is 269 g/mol. The molecule has 2 rings (SSSR count). The Morgan fingerprint density at radius 1 is 1.10 bits per heavy atom. The minimum Gasteiger partial charge on any atom is -0.398 e. The Hall–Kier alpha value is -2.49. The van der Waals surface area contributed by atoms with Gasteiger partial charge in [0.05, 0.1) is 6.42 Å². The predicted molar refractivity (Wildman–Crippen MR) is 84.0 cm³/mol. The fraction of sp³-hybridized carbons (Fsp3) is 0.188. The second kappa shape index (κ2) is 6.10. The normalized spacial score (nSPS) is 10.1. The topological polar surface area (TPSA) is 58.4 Å². The van der Waals surface area contributed by atoms with Crippen LogP contribution in [0.3, 0.4) is 0 Å². The van der Waals surface area contributed by atoms with E-state index in [4.69, 9.17) is 5.73 Å². The Labute approximate surface area is 119 Å². The van der Waals surface area contributed by atoms with E-state index >= 15 is 0 Å². The van der Waals surface area contributed by atoms with Gasteiger partial charge in [0.1, 0.15) is 0 Å². The van der Waals surface area contributed by atoms with Gasteiger partial charge in [-0.2, -0.15) is 0 Å². The summed E-state index contributed by atoms with van der Waals surface area (Å²) in [6, 6.07) is 15.1. The largest absolute Gasteiger partial charge is 0.398 e. The van der Waals surface area contributed by atoms with Crippen LogP contribution < -0.4 is 16.0 Å². The smallest absolute Gasteiger partial charge is 0.228 e. The fourth-order valence-corrected chi connectivity index (χ4v) is 1.92. The minimum absolute atomic E-state index is 0.0690. The van der Waals surface area contributed by atoms with E-state index in [2.05, 4.69) is 5.32 Å². The van der Waals surface area contributed by atoms with Crippen LogP contribution in [-0.4, -0.2) is 20.0 Å². The number of rotatable bonds is 4. The summed E-state index contributed by atoms with van der Waals surface area (Å²) in [5, 5.41) is 2.87. The summed E-state index contributed by atoms with van der Waals surface area (Å²) in [5.74, 6) is -0.0690. The van der Waals surface area contributed by atoms with Crippen LogP contribution in [0.2, 0.25) is 0 Å². The number of carbonyl (C=O) groups excluding carboxylic acids is 1. The van der Waals surface area contributed by atoms with Crippen molar-refractivity contribution >= 4 is 23.0 Å². The average Bonchev–Trinajstić information content (AvgIpc) is 2.42. The van der Waals surface area contributed by atoms with Crippen molar-refractivity contribution in [1.82, 2.24) is 0 Å². The third-order valence-corrected chi connectivity index (χ3v) is 3.07. The minimum atomic E-state index is -0.0690. The van der Waals surface area contributed by atoms with Crippen molar-refractivity contribution in [2.75, 3.05) is 30.0 Å². The summed E-state index contributed by atoms with van der Waals surface area (Å²) in [6.07, 6.45) is 0.280. The predicted octanol–water partition coefficient (Wildman–Crippen LogP) is 2.52. The quantitative estimate of drug-likeness (QED) is 0.838. The van der Waals surface area contributed by atoms with Crippen molar-refractivity contribution in [3.05, 3.63) is 54.1 Å². The molecule has 0 fully saturated rings. The number of hydrogen-bond donors (Lipinski definition) is 2. The summed E-state index contributed by atoms with van der Waals surface area (Å²) in [4.78, 5) is 14.0. The second-order valence-corrected chi connectivity index (χ2v) is 4.87.